The van der Waals surface area contributed by atoms with Crippen LogP contribution in [0.3, 0.4) is 0 Å². The maximum atomic E-state index is 14.2. The van der Waals surface area contributed by atoms with Crippen molar-refractivity contribution in [2.75, 3.05) is 6.54 Å². The molecule has 0 bridgehead atoms. The maximum absolute atomic E-state index is 14.2. The van der Waals surface area contributed by atoms with Gasteiger partial charge in [-0.1, -0.05) is 18.5 Å². The summed E-state index contributed by atoms with van der Waals surface area (Å²) in [6.07, 6.45) is 1.65. The van der Waals surface area contributed by atoms with Gasteiger partial charge in [0.25, 0.3) is 0 Å². The van der Waals surface area contributed by atoms with E-state index in [0.29, 0.717) is 13.1 Å². The second-order valence-corrected chi connectivity index (χ2v) is 5.73. The molecule has 0 amide bonds. The van der Waals surface area contributed by atoms with E-state index in [4.69, 9.17) is 11.6 Å². The Kier molecular flexibility index (Phi) is 5.35. The molecule has 0 saturated carbocycles. The molecule has 1 heterocycles. The summed E-state index contributed by atoms with van der Waals surface area (Å²) >= 11 is 9.04. The molecule has 2 rings (SSSR count). The topological polar surface area (TPSA) is 29.9 Å². The summed E-state index contributed by atoms with van der Waals surface area (Å²) in [4.78, 5) is 0. The summed E-state index contributed by atoms with van der Waals surface area (Å²) in [7, 11) is 0. The highest BCUT2D eigenvalue weighted by atomic mass is 79.9. The van der Waals surface area contributed by atoms with Gasteiger partial charge in [-0.25, -0.2) is 8.78 Å². The molecule has 1 aromatic heterocycles. The summed E-state index contributed by atoms with van der Waals surface area (Å²) in [6, 6.07) is 1.61. The molecule has 0 fully saturated rings. The van der Waals surface area contributed by atoms with Crippen LogP contribution < -0.4 is 5.32 Å². The largest absolute Gasteiger partial charge is 0.305 e. The number of hydrogen-bond donors (Lipinski definition) is 1. The van der Waals surface area contributed by atoms with Gasteiger partial charge < -0.3 is 5.32 Å². The Morgan fingerprint density at radius 2 is 2.05 bits per heavy atom. The number of nitrogens with one attached hydrogen (secondary N) is 1. The van der Waals surface area contributed by atoms with E-state index in [2.05, 4.69) is 26.3 Å². The van der Waals surface area contributed by atoms with Crippen molar-refractivity contribution in [3.05, 3.63) is 50.7 Å². The van der Waals surface area contributed by atoms with Gasteiger partial charge in [0.15, 0.2) is 0 Å². The number of aromatic nitrogens is 2. The van der Waals surface area contributed by atoms with Crippen LogP contribution in [0.25, 0.3) is 0 Å². The molecule has 0 radical (unpaired) electrons. The van der Waals surface area contributed by atoms with Gasteiger partial charge in [-0.15, -0.1) is 0 Å². The molecule has 0 aliphatic carbocycles. The minimum absolute atomic E-state index is 0.203. The van der Waals surface area contributed by atoms with Crippen molar-refractivity contribution in [3.63, 3.8) is 0 Å². The molecule has 0 aliphatic heterocycles. The standard InChI is InChI=1S/C14H15BrClF2N3/c1-3-19-13(14-9(15)7-20-21(14)4-2)8-5-12(18)10(16)6-11(8)17/h5-7,13,19H,3-4H2,1-2H3. The van der Waals surface area contributed by atoms with Gasteiger partial charge in [0.1, 0.15) is 11.6 Å². The molecule has 1 aromatic carbocycles. The molecule has 114 valence electrons. The fraction of sp³-hybridized carbons (Fsp3) is 0.357. The van der Waals surface area contributed by atoms with E-state index >= 15 is 0 Å². The van der Waals surface area contributed by atoms with Gasteiger partial charge in [0.05, 0.1) is 27.4 Å². The molecule has 0 aliphatic rings. The Balaban J connectivity index is 2.58. The Hall–Kier alpha value is -0.980. The van der Waals surface area contributed by atoms with Crippen LogP contribution in [0.4, 0.5) is 8.78 Å². The summed E-state index contributed by atoms with van der Waals surface area (Å²) < 4.78 is 30.4. The van der Waals surface area contributed by atoms with Crippen molar-refractivity contribution in [1.29, 1.82) is 0 Å². The zero-order chi connectivity index (χ0) is 15.6. The molecule has 3 nitrogen and oxygen atoms in total. The summed E-state index contributed by atoms with van der Waals surface area (Å²) in [5.74, 6) is -1.20. The first kappa shape index (κ1) is 16.4. The van der Waals surface area contributed by atoms with E-state index in [0.717, 1.165) is 22.3 Å². The second kappa shape index (κ2) is 6.85. The summed E-state index contributed by atoms with van der Waals surface area (Å²) in [5, 5.41) is 7.16. The van der Waals surface area contributed by atoms with Gasteiger partial charge in [-0.3, -0.25) is 4.68 Å². The van der Waals surface area contributed by atoms with Crippen molar-refractivity contribution < 1.29 is 8.78 Å². The van der Waals surface area contributed by atoms with E-state index in [1.807, 2.05) is 13.8 Å². The molecular weight excluding hydrogens is 364 g/mol. The van der Waals surface area contributed by atoms with Crippen LogP contribution in [0, 0.1) is 11.6 Å². The van der Waals surface area contributed by atoms with E-state index in [1.54, 1.807) is 10.9 Å². The van der Waals surface area contributed by atoms with Gasteiger partial charge in [-0.05, 0) is 41.5 Å². The SMILES string of the molecule is CCNC(c1cc(F)c(Cl)cc1F)c1c(Br)cnn1CC. The highest BCUT2D eigenvalue weighted by Gasteiger charge is 2.24. The van der Waals surface area contributed by atoms with Crippen molar-refractivity contribution in [2.24, 2.45) is 0 Å². The average Bonchev–Trinajstić information content (AvgIpc) is 2.81. The molecule has 0 spiro atoms. The van der Waals surface area contributed by atoms with Crippen molar-refractivity contribution in [2.45, 2.75) is 26.4 Å². The van der Waals surface area contributed by atoms with E-state index in [-0.39, 0.29) is 10.6 Å². The first-order valence-corrected chi connectivity index (χ1v) is 7.75. The lowest BCUT2D eigenvalue weighted by Crippen LogP contribution is -2.26. The molecule has 7 heteroatoms. The fourth-order valence-corrected chi connectivity index (χ4v) is 2.90. The van der Waals surface area contributed by atoms with E-state index in [1.165, 1.54) is 0 Å². The predicted molar refractivity (Wildman–Crippen MR) is 82.5 cm³/mol. The fourth-order valence-electron chi connectivity index (χ4n) is 2.23. The van der Waals surface area contributed by atoms with Crippen LogP contribution >= 0.6 is 27.5 Å². The highest BCUT2D eigenvalue weighted by molar-refractivity contribution is 9.10. The zero-order valence-electron chi connectivity index (χ0n) is 11.6. The van der Waals surface area contributed by atoms with E-state index < -0.39 is 17.7 Å². The van der Waals surface area contributed by atoms with E-state index in [9.17, 15) is 8.78 Å². The average molecular weight is 379 g/mol. The number of benzene rings is 1. The first-order chi connectivity index (χ1) is 9.99. The number of nitrogens with zero attached hydrogens (tertiary/aromatic N) is 2. The Morgan fingerprint density at radius 3 is 2.67 bits per heavy atom. The third kappa shape index (κ3) is 3.27. The van der Waals surface area contributed by atoms with Crippen LogP contribution in [0.15, 0.2) is 22.8 Å². The highest BCUT2D eigenvalue weighted by Crippen LogP contribution is 2.32. The number of aryl methyl sites for hydroxylation is 1. The molecule has 1 unspecified atom stereocenters. The minimum Gasteiger partial charge on any atom is -0.305 e. The minimum atomic E-state index is -0.644. The molecule has 1 atom stereocenters. The molecule has 0 saturated heterocycles. The third-order valence-corrected chi connectivity index (χ3v) is 4.07. The van der Waals surface area contributed by atoms with Crippen molar-refractivity contribution >= 4 is 27.5 Å². The zero-order valence-corrected chi connectivity index (χ0v) is 14.0. The van der Waals surface area contributed by atoms with Gasteiger partial charge in [0.2, 0.25) is 0 Å². The lowest BCUT2D eigenvalue weighted by atomic mass is 10.0. The Labute approximate surface area is 135 Å². The summed E-state index contributed by atoms with van der Waals surface area (Å²) in [5.41, 5.74) is 0.953. The van der Waals surface area contributed by atoms with Crippen molar-refractivity contribution in [3.8, 4) is 0 Å². The van der Waals surface area contributed by atoms with Gasteiger partial charge in [0, 0.05) is 12.1 Å². The monoisotopic (exact) mass is 377 g/mol. The molecular formula is C14H15BrClF2N3. The van der Waals surface area contributed by atoms with Crippen molar-refractivity contribution in [1.82, 2.24) is 15.1 Å². The molecule has 1 N–H and O–H groups in total. The maximum Gasteiger partial charge on any atom is 0.142 e. The van der Waals surface area contributed by atoms with Crippen LogP contribution in [0.1, 0.15) is 31.1 Å². The lowest BCUT2D eigenvalue weighted by molar-refractivity contribution is 0.508. The Morgan fingerprint density at radius 1 is 1.33 bits per heavy atom. The summed E-state index contributed by atoms with van der Waals surface area (Å²) in [6.45, 7) is 5.05. The number of hydrogen-bond acceptors (Lipinski definition) is 2. The predicted octanol–water partition coefficient (Wildman–Crippen LogP) is 4.30. The quantitative estimate of drug-likeness (QED) is 0.786. The lowest BCUT2D eigenvalue weighted by Gasteiger charge is -2.21. The van der Waals surface area contributed by atoms with Crippen LogP contribution in [0.5, 0.6) is 0 Å². The molecule has 2 aromatic rings. The van der Waals surface area contributed by atoms with Crippen LogP contribution in [-0.2, 0) is 6.54 Å². The first-order valence-electron chi connectivity index (χ1n) is 6.58. The second-order valence-electron chi connectivity index (χ2n) is 4.47. The third-order valence-electron chi connectivity index (χ3n) is 3.17. The van der Waals surface area contributed by atoms with Gasteiger partial charge in [-0.2, -0.15) is 5.10 Å². The normalized spacial score (nSPS) is 12.7. The smallest absolute Gasteiger partial charge is 0.142 e. The number of halogens is 4. The number of rotatable bonds is 5. The van der Waals surface area contributed by atoms with Crippen LogP contribution in [0.2, 0.25) is 5.02 Å². The van der Waals surface area contributed by atoms with Crippen LogP contribution in [-0.4, -0.2) is 16.3 Å². The van der Waals surface area contributed by atoms with Gasteiger partial charge >= 0.3 is 0 Å². The Bertz CT molecular complexity index is 645. The molecule has 21 heavy (non-hydrogen) atoms.